The number of aromatic amines is 1. The van der Waals surface area contributed by atoms with Gasteiger partial charge in [0.15, 0.2) is 0 Å². The van der Waals surface area contributed by atoms with Crippen LogP contribution in [0.3, 0.4) is 0 Å². The molecule has 1 atom stereocenters. The number of fused-ring (bicyclic) bond motifs is 2. The summed E-state index contributed by atoms with van der Waals surface area (Å²) in [5.74, 6) is 0.312. The molecule has 0 spiro atoms. The standard InChI is InChI=1S/C16H14N6O/c1-10(11-3-4-12-13(7-11)20-9-19-12)21-15(23)14-8-18-16-17-5-2-6-22(14)16/h2-10H,1H3,(H,19,20)(H,21,23). The number of hydrogen-bond donors (Lipinski definition) is 2. The van der Waals surface area contributed by atoms with Crippen LogP contribution in [-0.4, -0.2) is 30.2 Å². The number of aromatic nitrogens is 5. The molecule has 0 saturated heterocycles. The van der Waals surface area contributed by atoms with E-state index in [2.05, 4.69) is 25.3 Å². The minimum atomic E-state index is -0.192. The van der Waals surface area contributed by atoms with E-state index in [0.717, 1.165) is 16.6 Å². The molecule has 0 radical (unpaired) electrons. The van der Waals surface area contributed by atoms with Gasteiger partial charge in [-0.1, -0.05) is 6.07 Å². The molecule has 2 N–H and O–H groups in total. The number of nitrogens with one attached hydrogen (secondary N) is 2. The lowest BCUT2D eigenvalue weighted by atomic mass is 10.1. The first kappa shape index (κ1) is 13.4. The second-order valence-electron chi connectivity index (χ2n) is 5.31. The zero-order valence-corrected chi connectivity index (χ0v) is 12.4. The number of nitrogens with zero attached hydrogens (tertiary/aromatic N) is 4. The topological polar surface area (TPSA) is 88.0 Å². The van der Waals surface area contributed by atoms with E-state index in [4.69, 9.17) is 0 Å². The Morgan fingerprint density at radius 2 is 2.22 bits per heavy atom. The Kier molecular flexibility index (Phi) is 3.04. The monoisotopic (exact) mass is 306 g/mol. The fourth-order valence-electron chi connectivity index (χ4n) is 2.57. The van der Waals surface area contributed by atoms with E-state index in [1.165, 1.54) is 6.20 Å². The molecule has 3 aromatic heterocycles. The zero-order chi connectivity index (χ0) is 15.8. The zero-order valence-electron chi connectivity index (χ0n) is 12.4. The van der Waals surface area contributed by atoms with Gasteiger partial charge in [-0.2, -0.15) is 0 Å². The van der Waals surface area contributed by atoms with Crippen LogP contribution >= 0.6 is 0 Å². The Morgan fingerprint density at radius 1 is 1.30 bits per heavy atom. The number of imidazole rings is 2. The SMILES string of the molecule is CC(NC(=O)c1cnc2ncccn12)c1ccc2nc[nH]c2c1. The van der Waals surface area contributed by atoms with Gasteiger partial charge in [0.1, 0.15) is 5.69 Å². The van der Waals surface area contributed by atoms with Crippen molar-refractivity contribution in [3.05, 3.63) is 60.4 Å². The minimum absolute atomic E-state index is 0.141. The lowest BCUT2D eigenvalue weighted by Crippen LogP contribution is -2.27. The maximum absolute atomic E-state index is 12.5. The van der Waals surface area contributed by atoms with Crippen LogP contribution in [0.1, 0.15) is 29.0 Å². The summed E-state index contributed by atoms with van der Waals surface area (Å²) >= 11 is 0. The highest BCUT2D eigenvalue weighted by Gasteiger charge is 2.16. The largest absolute Gasteiger partial charge is 0.345 e. The van der Waals surface area contributed by atoms with Crippen LogP contribution in [0, 0.1) is 0 Å². The summed E-state index contributed by atoms with van der Waals surface area (Å²) in [5.41, 5.74) is 3.31. The minimum Gasteiger partial charge on any atom is -0.345 e. The van der Waals surface area contributed by atoms with Crippen molar-refractivity contribution in [2.75, 3.05) is 0 Å². The van der Waals surface area contributed by atoms with Gasteiger partial charge < -0.3 is 10.3 Å². The quantitative estimate of drug-likeness (QED) is 0.606. The Bertz CT molecular complexity index is 1000. The molecule has 3 heterocycles. The van der Waals surface area contributed by atoms with E-state index in [-0.39, 0.29) is 11.9 Å². The molecule has 23 heavy (non-hydrogen) atoms. The Balaban J connectivity index is 1.60. The van der Waals surface area contributed by atoms with Gasteiger partial charge in [0.05, 0.1) is 29.6 Å². The number of benzene rings is 1. The van der Waals surface area contributed by atoms with Crippen molar-refractivity contribution in [1.29, 1.82) is 0 Å². The highest BCUT2D eigenvalue weighted by Crippen LogP contribution is 2.18. The van der Waals surface area contributed by atoms with Gasteiger partial charge in [0.2, 0.25) is 5.78 Å². The summed E-state index contributed by atoms with van der Waals surface area (Å²) in [6.45, 7) is 1.94. The second kappa shape index (κ2) is 5.20. The lowest BCUT2D eigenvalue weighted by Gasteiger charge is -2.14. The molecular formula is C16H14N6O. The van der Waals surface area contributed by atoms with Crippen LogP contribution in [0.4, 0.5) is 0 Å². The molecule has 0 aliphatic rings. The fraction of sp³-hybridized carbons (Fsp3) is 0.125. The number of carbonyl (C=O) groups excluding carboxylic acids is 1. The van der Waals surface area contributed by atoms with E-state index in [9.17, 15) is 4.79 Å². The third-order valence-electron chi connectivity index (χ3n) is 3.81. The molecule has 0 bridgehead atoms. The van der Waals surface area contributed by atoms with E-state index >= 15 is 0 Å². The van der Waals surface area contributed by atoms with Crippen LogP contribution in [0.5, 0.6) is 0 Å². The van der Waals surface area contributed by atoms with Gasteiger partial charge in [0.25, 0.3) is 5.91 Å². The van der Waals surface area contributed by atoms with Crippen LogP contribution in [0.2, 0.25) is 0 Å². The number of rotatable bonds is 3. The molecular weight excluding hydrogens is 292 g/mol. The Hall–Kier alpha value is -3.22. The highest BCUT2D eigenvalue weighted by molar-refractivity contribution is 5.93. The van der Waals surface area contributed by atoms with Crippen molar-refractivity contribution in [3.63, 3.8) is 0 Å². The first-order valence-corrected chi connectivity index (χ1v) is 7.24. The molecule has 7 nitrogen and oxygen atoms in total. The van der Waals surface area contributed by atoms with Crippen LogP contribution in [0.15, 0.2) is 49.2 Å². The van der Waals surface area contributed by atoms with Crippen molar-refractivity contribution in [1.82, 2.24) is 29.7 Å². The molecule has 1 aromatic carbocycles. The second-order valence-corrected chi connectivity index (χ2v) is 5.31. The molecule has 4 rings (SSSR count). The van der Waals surface area contributed by atoms with E-state index in [1.54, 1.807) is 29.2 Å². The molecule has 1 unspecified atom stereocenters. The number of amides is 1. The molecule has 0 aliphatic carbocycles. The third-order valence-corrected chi connectivity index (χ3v) is 3.81. The molecule has 0 fully saturated rings. The van der Waals surface area contributed by atoms with E-state index in [0.29, 0.717) is 11.5 Å². The van der Waals surface area contributed by atoms with Crippen LogP contribution in [0.25, 0.3) is 16.8 Å². The van der Waals surface area contributed by atoms with Gasteiger partial charge in [-0.3, -0.25) is 9.20 Å². The smallest absolute Gasteiger partial charge is 0.270 e. The molecule has 7 heteroatoms. The average Bonchev–Trinajstić information content (AvgIpc) is 3.20. The summed E-state index contributed by atoms with van der Waals surface area (Å²) in [4.78, 5) is 28.0. The van der Waals surface area contributed by atoms with Gasteiger partial charge in [-0.25, -0.2) is 15.0 Å². The predicted molar refractivity (Wildman–Crippen MR) is 85.0 cm³/mol. The molecule has 0 saturated carbocycles. The Labute approximate surface area is 131 Å². The first-order chi connectivity index (χ1) is 11.2. The fourth-order valence-corrected chi connectivity index (χ4v) is 2.57. The summed E-state index contributed by atoms with van der Waals surface area (Å²) < 4.78 is 1.67. The molecule has 114 valence electrons. The normalized spacial score (nSPS) is 12.6. The number of hydrogen-bond acceptors (Lipinski definition) is 4. The van der Waals surface area contributed by atoms with Crippen LogP contribution in [-0.2, 0) is 0 Å². The van der Waals surface area contributed by atoms with Crippen molar-refractivity contribution < 1.29 is 4.79 Å². The lowest BCUT2D eigenvalue weighted by molar-refractivity contribution is 0.0934. The maximum atomic E-state index is 12.5. The Morgan fingerprint density at radius 3 is 3.13 bits per heavy atom. The third kappa shape index (κ3) is 2.32. The first-order valence-electron chi connectivity index (χ1n) is 7.24. The maximum Gasteiger partial charge on any atom is 0.270 e. The van der Waals surface area contributed by atoms with Crippen molar-refractivity contribution >= 4 is 22.7 Å². The van der Waals surface area contributed by atoms with Crippen molar-refractivity contribution in [2.45, 2.75) is 13.0 Å². The molecule has 1 amide bonds. The van der Waals surface area contributed by atoms with Gasteiger partial charge in [-0.15, -0.1) is 0 Å². The summed E-state index contributed by atoms with van der Waals surface area (Å²) in [6, 6.07) is 7.51. The van der Waals surface area contributed by atoms with Gasteiger partial charge >= 0.3 is 0 Å². The van der Waals surface area contributed by atoms with Crippen LogP contribution < -0.4 is 5.32 Å². The van der Waals surface area contributed by atoms with Crippen molar-refractivity contribution in [2.24, 2.45) is 0 Å². The number of carbonyl (C=O) groups is 1. The highest BCUT2D eigenvalue weighted by atomic mass is 16.2. The summed E-state index contributed by atoms with van der Waals surface area (Å²) in [5, 5.41) is 2.99. The van der Waals surface area contributed by atoms with E-state index in [1.807, 2.05) is 25.1 Å². The van der Waals surface area contributed by atoms with E-state index < -0.39 is 0 Å². The summed E-state index contributed by atoms with van der Waals surface area (Å²) in [6.07, 6.45) is 6.60. The predicted octanol–water partition coefficient (Wildman–Crippen LogP) is 2.10. The van der Waals surface area contributed by atoms with Gasteiger partial charge in [0, 0.05) is 12.4 Å². The number of H-pyrrole nitrogens is 1. The molecule has 4 aromatic rings. The summed E-state index contributed by atoms with van der Waals surface area (Å²) in [7, 11) is 0. The van der Waals surface area contributed by atoms with Crippen molar-refractivity contribution in [3.8, 4) is 0 Å². The molecule has 0 aliphatic heterocycles. The average molecular weight is 306 g/mol. The van der Waals surface area contributed by atoms with Gasteiger partial charge in [-0.05, 0) is 30.7 Å².